The van der Waals surface area contributed by atoms with E-state index in [0.717, 1.165) is 55.4 Å². The molecule has 1 saturated heterocycles. The van der Waals surface area contributed by atoms with Gasteiger partial charge in [0.05, 0.1) is 37.3 Å². The lowest BCUT2D eigenvalue weighted by molar-refractivity contribution is 0.0983. The van der Waals surface area contributed by atoms with Crippen LogP contribution in [0.2, 0.25) is 0 Å². The standard InChI is InChI=1S/C28H30N8O2/c1-19-18-38-12-11-36(19)28-23-8-10-35(16-20-3-2-9-29-13-20)17-24(23)32-27(34-28)21-4-6-22(7-5-21)31-25-14-30-15-26(37)33-25/h2-7,9,13-15,19H,8,10-12,16-18H2,1H3,(H2,31,33,37)/t19-/m0/s1. The maximum absolute atomic E-state index is 11.6. The average Bonchev–Trinajstić information content (AvgIpc) is 2.94. The molecule has 1 fully saturated rings. The Morgan fingerprint density at radius 2 is 1.97 bits per heavy atom. The number of H-pyrrole nitrogens is 1. The SMILES string of the molecule is C[C@H]1COCCN1c1nc(-c2ccc(Nc3cncc(=O)[nH]3)cc2)nc2c1CCN(Cc1cccnc1)C2. The topological polar surface area (TPSA) is 112 Å². The fourth-order valence-electron chi connectivity index (χ4n) is 5.06. The second-order valence-electron chi connectivity index (χ2n) is 9.75. The predicted molar refractivity (Wildman–Crippen MR) is 145 cm³/mol. The zero-order valence-electron chi connectivity index (χ0n) is 21.3. The van der Waals surface area contributed by atoms with Crippen LogP contribution >= 0.6 is 0 Å². The molecule has 0 unspecified atom stereocenters. The van der Waals surface area contributed by atoms with Gasteiger partial charge in [-0.05, 0) is 49.2 Å². The first-order chi connectivity index (χ1) is 18.6. The minimum absolute atomic E-state index is 0.247. The molecule has 5 heterocycles. The fraction of sp³-hybridized carbons (Fsp3) is 0.321. The van der Waals surface area contributed by atoms with Crippen LogP contribution in [-0.2, 0) is 24.2 Å². The van der Waals surface area contributed by atoms with Crippen molar-refractivity contribution in [2.45, 2.75) is 32.5 Å². The summed E-state index contributed by atoms with van der Waals surface area (Å²) in [4.78, 5) is 37.5. The number of ether oxygens (including phenoxy) is 1. The molecule has 2 aliphatic heterocycles. The van der Waals surface area contributed by atoms with Gasteiger partial charge in [-0.1, -0.05) is 6.07 Å². The molecule has 0 amide bonds. The summed E-state index contributed by atoms with van der Waals surface area (Å²) < 4.78 is 5.71. The molecule has 0 radical (unpaired) electrons. The monoisotopic (exact) mass is 510 g/mol. The maximum Gasteiger partial charge on any atom is 0.267 e. The highest BCUT2D eigenvalue weighted by atomic mass is 16.5. The van der Waals surface area contributed by atoms with E-state index in [0.29, 0.717) is 24.9 Å². The van der Waals surface area contributed by atoms with Gasteiger partial charge in [-0.15, -0.1) is 0 Å². The average molecular weight is 511 g/mol. The third-order valence-electron chi connectivity index (χ3n) is 6.97. The molecular formula is C28H30N8O2. The minimum Gasteiger partial charge on any atom is -0.377 e. The van der Waals surface area contributed by atoms with Crippen molar-refractivity contribution in [2.75, 3.05) is 36.5 Å². The van der Waals surface area contributed by atoms with Crippen LogP contribution in [0.1, 0.15) is 23.7 Å². The number of fused-ring (bicyclic) bond motifs is 1. The van der Waals surface area contributed by atoms with E-state index >= 15 is 0 Å². The van der Waals surface area contributed by atoms with Crippen LogP contribution in [0.5, 0.6) is 0 Å². The fourth-order valence-corrected chi connectivity index (χ4v) is 5.06. The summed E-state index contributed by atoms with van der Waals surface area (Å²) in [6.45, 7) is 6.95. The number of rotatable bonds is 6. The first kappa shape index (κ1) is 24.2. The maximum atomic E-state index is 11.6. The lowest BCUT2D eigenvalue weighted by Gasteiger charge is -2.37. The molecule has 4 aromatic rings. The molecule has 0 saturated carbocycles. The molecule has 0 bridgehead atoms. The normalized spacial score (nSPS) is 17.7. The number of hydrogen-bond acceptors (Lipinski definition) is 9. The molecule has 10 heteroatoms. The summed E-state index contributed by atoms with van der Waals surface area (Å²) in [6.07, 6.45) is 7.46. The van der Waals surface area contributed by atoms with E-state index < -0.39 is 0 Å². The number of nitrogens with one attached hydrogen (secondary N) is 2. The summed E-state index contributed by atoms with van der Waals surface area (Å²) in [5, 5.41) is 3.18. The predicted octanol–water partition coefficient (Wildman–Crippen LogP) is 3.15. The van der Waals surface area contributed by atoms with Crippen molar-refractivity contribution in [3.05, 3.63) is 88.4 Å². The lowest BCUT2D eigenvalue weighted by Crippen LogP contribution is -2.45. The van der Waals surface area contributed by atoms with Gasteiger partial charge in [0.1, 0.15) is 11.6 Å². The van der Waals surface area contributed by atoms with Gasteiger partial charge in [-0.2, -0.15) is 0 Å². The van der Waals surface area contributed by atoms with Crippen LogP contribution in [0.3, 0.4) is 0 Å². The van der Waals surface area contributed by atoms with Crippen molar-refractivity contribution in [2.24, 2.45) is 0 Å². The van der Waals surface area contributed by atoms with E-state index in [1.165, 1.54) is 17.3 Å². The third-order valence-corrected chi connectivity index (χ3v) is 6.97. The summed E-state index contributed by atoms with van der Waals surface area (Å²) in [7, 11) is 0. The number of aromatic nitrogens is 5. The Labute approximate surface area is 220 Å². The van der Waals surface area contributed by atoms with E-state index in [-0.39, 0.29) is 11.6 Å². The number of pyridine rings is 1. The summed E-state index contributed by atoms with van der Waals surface area (Å²) in [6, 6.07) is 12.3. The number of anilines is 3. The Hall–Kier alpha value is -4.15. The van der Waals surface area contributed by atoms with Gasteiger partial charge in [0.2, 0.25) is 0 Å². The number of benzene rings is 1. The molecule has 2 N–H and O–H groups in total. The van der Waals surface area contributed by atoms with Crippen LogP contribution in [0.25, 0.3) is 11.4 Å². The molecule has 0 spiro atoms. The number of aromatic amines is 1. The van der Waals surface area contributed by atoms with Gasteiger partial charge in [-0.25, -0.2) is 9.97 Å². The van der Waals surface area contributed by atoms with Crippen molar-refractivity contribution in [3.63, 3.8) is 0 Å². The van der Waals surface area contributed by atoms with Crippen molar-refractivity contribution in [1.29, 1.82) is 0 Å². The van der Waals surface area contributed by atoms with Gasteiger partial charge >= 0.3 is 0 Å². The zero-order valence-corrected chi connectivity index (χ0v) is 21.3. The molecule has 0 aliphatic carbocycles. The van der Waals surface area contributed by atoms with E-state index in [2.05, 4.69) is 43.1 Å². The summed E-state index contributed by atoms with van der Waals surface area (Å²) in [5.74, 6) is 2.27. The second kappa shape index (κ2) is 10.7. The van der Waals surface area contributed by atoms with E-state index in [1.54, 1.807) is 12.4 Å². The molecule has 10 nitrogen and oxygen atoms in total. The molecule has 1 aromatic carbocycles. The summed E-state index contributed by atoms with van der Waals surface area (Å²) in [5.41, 5.74) is 5.03. The van der Waals surface area contributed by atoms with E-state index in [4.69, 9.17) is 14.7 Å². The minimum atomic E-state index is -0.253. The second-order valence-corrected chi connectivity index (χ2v) is 9.75. The van der Waals surface area contributed by atoms with Gasteiger partial charge in [0.15, 0.2) is 5.82 Å². The largest absolute Gasteiger partial charge is 0.377 e. The smallest absolute Gasteiger partial charge is 0.267 e. The number of nitrogens with zero attached hydrogens (tertiary/aromatic N) is 6. The highest BCUT2D eigenvalue weighted by molar-refractivity contribution is 5.65. The highest BCUT2D eigenvalue weighted by Gasteiger charge is 2.29. The van der Waals surface area contributed by atoms with Crippen LogP contribution < -0.4 is 15.8 Å². The molecular weight excluding hydrogens is 480 g/mol. The quantitative estimate of drug-likeness (QED) is 0.404. The van der Waals surface area contributed by atoms with Crippen LogP contribution in [0.4, 0.5) is 17.3 Å². The van der Waals surface area contributed by atoms with Gasteiger partial charge < -0.3 is 19.9 Å². The van der Waals surface area contributed by atoms with Crippen LogP contribution in [-0.4, -0.2) is 62.2 Å². The van der Waals surface area contributed by atoms with Crippen LogP contribution in [0, 0.1) is 0 Å². The highest BCUT2D eigenvalue weighted by Crippen LogP contribution is 2.32. The Kier molecular flexibility index (Phi) is 6.80. The number of hydrogen-bond donors (Lipinski definition) is 2. The van der Waals surface area contributed by atoms with Gasteiger partial charge in [0, 0.05) is 55.4 Å². The zero-order chi connectivity index (χ0) is 25.9. The van der Waals surface area contributed by atoms with Crippen LogP contribution in [0.15, 0.2) is 66.0 Å². The first-order valence-electron chi connectivity index (χ1n) is 12.9. The first-order valence-corrected chi connectivity index (χ1v) is 12.9. The molecule has 6 rings (SSSR count). The van der Waals surface area contributed by atoms with Crippen molar-refractivity contribution in [1.82, 2.24) is 29.8 Å². The Morgan fingerprint density at radius 3 is 2.76 bits per heavy atom. The van der Waals surface area contributed by atoms with Crippen molar-refractivity contribution < 1.29 is 4.74 Å². The number of morpholine rings is 1. The molecule has 2 aliphatic rings. The third kappa shape index (κ3) is 5.27. The molecule has 194 valence electrons. The molecule has 38 heavy (non-hydrogen) atoms. The Morgan fingerprint density at radius 1 is 1.08 bits per heavy atom. The molecule has 1 atom stereocenters. The Balaban J connectivity index is 1.31. The van der Waals surface area contributed by atoms with Gasteiger partial charge in [-0.3, -0.25) is 19.7 Å². The van der Waals surface area contributed by atoms with Crippen molar-refractivity contribution in [3.8, 4) is 11.4 Å². The van der Waals surface area contributed by atoms with Crippen molar-refractivity contribution >= 4 is 17.3 Å². The van der Waals surface area contributed by atoms with E-state index in [9.17, 15) is 4.79 Å². The summed E-state index contributed by atoms with van der Waals surface area (Å²) >= 11 is 0. The molecule has 3 aromatic heterocycles. The van der Waals surface area contributed by atoms with E-state index in [1.807, 2.05) is 36.5 Å². The van der Waals surface area contributed by atoms with Gasteiger partial charge in [0.25, 0.3) is 5.56 Å². The Bertz CT molecular complexity index is 1460. The lowest BCUT2D eigenvalue weighted by atomic mass is 10.0.